The van der Waals surface area contributed by atoms with Crippen molar-refractivity contribution in [3.8, 4) is 5.75 Å². The Hall–Kier alpha value is -1.89. The molecule has 0 radical (unpaired) electrons. The van der Waals surface area contributed by atoms with Crippen LogP contribution >= 0.6 is 35.0 Å². The molecule has 2 rings (SSSR count). The minimum absolute atomic E-state index is 0.0869. The molecule has 25 heavy (non-hydrogen) atoms. The molecule has 2 N–H and O–H groups in total. The summed E-state index contributed by atoms with van der Waals surface area (Å²) in [5, 5.41) is 1.05. The van der Waals surface area contributed by atoms with Gasteiger partial charge in [-0.3, -0.25) is 20.4 Å². The van der Waals surface area contributed by atoms with E-state index in [9.17, 15) is 9.59 Å². The second-order valence-electron chi connectivity index (χ2n) is 4.82. The van der Waals surface area contributed by atoms with E-state index in [0.29, 0.717) is 32.9 Å². The Morgan fingerprint density at radius 2 is 1.80 bits per heavy atom. The summed E-state index contributed by atoms with van der Waals surface area (Å²) in [4.78, 5) is 24.5. The van der Waals surface area contributed by atoms with Crippen molar-refractivity contribution < 1.29 is 14.3 Å². The van der Waals surface area contributed by atoms with Crippen molar-refractivity contribution in [3.05, 3.63) is 58.1 Å². The molecule has 0 aromatic heterocycles. The second-order valence-corrected chi connectivity index (χ2v) is 6.68. The number of carbonyl (C=O) groups excluding carboxylic acids is 2. The first-order valence-electron chi connectivity index (χ1n) is 7.39. The summed E-state index contributed by atoms with van der Waals surface area (Å²) in [6.07, 6.45) is 0. The molecule has 0 aliphatic rings. The maximum Gasteiger partial charge on any atom is 0.269 e. The molecular weight excluding hydrogens is 383 g/mol. The van der Waals surface area contributed by atoms with Gasteiger partial charge in [0.05, 0.1) is 17.4 Å². The zero-order valence-electron chi connectivity index (χ0n) is 13.3. The van der Waals surface area contributed by atoms with Crippen LogP contribution < -0.4 is 15.6 Å². The quantitative estimate of drug-likeness (QED) is 0.570. The number of halogens is 2. The molecule has 132 valence electrons. The van der Waals surface area contributed by atoms with Crippen molar-refractivity contribution in [2.45, 2.75) is 11.8 Å². The van der Waals surface area contributed by atoms with Gasteiger partial charge < -0.3 is 4.74 Å². The van der Waals surface area contributed by atoms with Crippen LogP contribution in [0.1, 0.15) is 17.3 Å². The van der Waals surface area contributed by atoms with E-state index >= 15 is 0 Å². The van der Waals surface area contributed by atoms with Gasteiger partial charge in [0.25, 0.3) is 5.91 Å². The van der Waals surface area contributed by atoms with E-state index in [-0.39, 0.29) is 11.7 Å². The van der Waals surface area contributed by atoms with E-state index < -0.39 is 5.91 Å². The molecule has 0 saturated heterocycles. The predicted molar refractivity (Wildman–Crippen MR) is 100 cm³/mol. The van der Waals surface area contributed by atoms with Crippen molar-refractivity contribution in [1.29, 1.82) is 0 Å². The molecule has 8 heteroatoms. The Labute approximate surface area is 160 Å². The fraction of sp³-hybridized carbons (Fsp3) is 0.176. The van der Waals surface area contributed by atoms with Gasteiger partial charge in [0.1, 0.15) is 5.75 Å². The molecule has 5 nitrogen and oxygen atoms in total. The van der Waals surface area contributed by atoms with E-state index in [1.807, 2.05) is 6.92 Å². The van der Waals surface area contributed by atoms with Crippen LogP contribution in [-0.4, -0.2) is 24.2 Å². The summed E-state index contributed by atoms with van der Waals surface area (Å²) >= 11 is 13.2. The highest BCUT2D eigenvalue weighted by molar-refractivity contribution is 8.00. The number of rotatable bonds is 6. The molecule has 0 atom stereocenters. The lowest BCUT2D eigenvalue weighted by atomic mass is 10.2. The zero-order valence-corrected chi connectivity index (χ0v) is 15.7. The third-order valence-electron chi connectivity index (χ3n) is 2.99. The van der Waals surface area contributed by atoms with Crippen molar-refractivity contribution in [1.82, 2.24) is 10.9 Å². The van der Waals surface area contributed by atoms with E-state index in [0.717, 1.165) is 0 Å². The van der Waals surface area contributed by atoms with Gasteiger partial charge in [-0.15, -0.1) is 11.8 Å². The number of carbonyl (C=O) groups is 2. The topological polar surface area (TPSA) is 67.4 Å². The number of ether oxygens (including phenoxy) is 1. The number of hydrogen-bond acceptors (Lipinski definition) is 4. The monoisotopic (exact) mass is 398 g/mol. The van der Waals surface area contributed by atoms with E-state index in [2.05, 4.69) is 10.9 Å². The van der Waals surface area contributed by atoms with E-state index in [1.165, 1.54) is 11.8 Å². The second kappa shape index (κ2) is 9.56. The predicted octanol–water partition coefficient (Wildman–Crippen LogP) is 3.95. The van der Waals surface area contributed by atoms with Gasteiger partial charge >= 0.3 is 0 Å². The lowest BCUT2D eigenvalue weighted by molar-refractivity contribution is -0.119. The van der Waals surface area contributed by atoms with Crippen LogP contribution in [0.25, 0.3) is 0 Å². The number of amides is 2. The van der Waals surface area contributed by atoms with Crippen molar-refractivity contribution in [2.24, 2.45) is 0 Å². The number of benzene rings is 2. The molecular formula is C17H16Cl2N2O3S. The summed E-state index contributed by atoms with van der Waals surface area (Å²) in [5.41, 5.74) is 5.13. The number of thioether (sulfide) groups is 1. The molecule has 0 saturated carbocycles. The molecule has 0 heterocycles. The van der Waals surface area contributed by atoms with Crippen LogP contribution in [0.5, 0.6) is 5.75 Å². The molecule has 0 spiro atoms. The van der Waals surface area contributed by atoms with Gasteiger partial charge in [0, 0.05) is 15.5 Å². The Kier molecular flexibility index (Phi) is 7.43. The first kappa shape index (κ1) is 19.4. The van der Waals surface area contributed by atoms with Gasteiger partial charge in [0.2, 0.25) is 5.91 Å². The number of hydrogen-bond donors (Lipinski definition) is 2. The number of hydrazine groups is 1. The van der Waals surface area contributed by atoms with Crippen LogP contribution in [0.4, 0.5) is 0 Å². The van der Waals surface area contributed by atoms with Crippen LogP contribution in [0.3, 0.4) is 0 Å². The Balaban J connectivity index is 1.81. The zero-order chi connectivity index (χ0) is 18.2. The minimum Gasteiger partial charge on any atom is -0.494 e. The van der Waals surface area contributed by atoms with Crippen LogP contribution in [0, 0.1) is 0 Å². The first-order chi connectivity index (χ1) is 12.0. The van der Waals surface area contributed by atoms with Gasteiger partial charge in [-0.05, 0) is 49.4 Å². The Morgan fingerprint density at radius 3 is 2.48 bits per heavy atom. The van der Waals surface area contributed by atoms with E-state index in [1.54, 1.807) is 42.5 Å². The van der Waals surface area contributed by atoms with Crippen molar-refractivity contribution >= 4 is 46.8 Å². The third kappa shape index (κ3) is 6.16. The molecule has 2 aromatic carbocycles. The van der Waals surface area contributed by atoms with Crippen LogP contribution in [-0.2, 0) is 4.79 Å². The SMILES string of the molecule is CCOc1ccc(C(=O)NNC(=O)CSc2cc(Cl)ccc2Cl)cc1. The molecule has 0 bridgehead atoms. The highest BCUT2D eigenvalue weighted by Crippen LogP contribution is 2.29. The lowest BCUT2D eigenvalue weighted by Gasteiger charge is -2.09. The van der Waals surface area contributed by atoms with Crippen molar-refractivity contribution in [3.63, 3.8) is 0 Å². The normalized spacial score (nSPS) is 10.2. The third-order valence-corrected chi connectivity index (χ3v) is 4.73. The summed E-state index contributed by atoms with van der Waals surface area (Å²) in [6, 6.07) is 11.6. The van der Waals surface area contributed by atoms with Crippen molar-refractivity contribution in [2.75, 3.05) is 12.4 Å². The summed E-state index contributed by atoms with van der Waals surface area (Å²) in [5.74, 6) is -0.00993. The van der Waals surface area contributed by atoms with Gasteiger partial charge in [-0.2, -0.15) is 0 Å². The molecule has 0 fully saturated rings. The average Bonchev–Trinajstić information content (AvgIpc) is 2.61. The van der Waals surface area contributed by atoms with E-state index in [4.69, 9.17) is 27.9 Å². The van der Waals surface area contributed by atoms with Gasteiger partial charge in [0.15, 0.2) is 0 Å². The van der Waals surface area contributed by atoms with Gasteiger partial charge in [-0.25, -0.2) is 0 Å². The standard InChI is InChI=1S/C17H16Cl2N2O3S/c1-2-24-13-6-3-11(4-7-13)17(23)21-20-16(22)10-25-15-9-12(18)5-8-14(15)19/h3-9H,2,10H2,1H3,(H,20,22)(H,21,23). The fourth-order valence-corrected chi connectivity index (χ4v) is 3.13. The highest BCUT2D eigenvalue weighted by atomic mass is 35.5. The lowest BCUT2D eigenvalue weighted by Crippen LogP contribution is -2.42. The molecule has 2 aromatic rings. The molecule has 0 unspecified atom stereocenters. The molecule has 0 aliphatic heterocycles. The largest absolute Gasteiger partial charge is 0.494 e. The molecule has 0 aliphatic carbocycles. The maximum atomic E-state index is 12.0. The Bertz CT molecular complexity index is 754. The summed E-state index contributed by atoms with van der Waals surface area (Å²) < 4.78 is 5.31. The summed E-state index contributed by atoms with van der Waals surface area (Å²) in [6.45, 7) is 2.43. The van der Waals surface area contributed by atoms with Gasteiger partial charge in [-0.1, -0.05) is 23.2 Å². The fourth-order valence-electron chi connectivity index (χ4n) is 1.84. The van der Waals surface area contributed by atoms with Crippen LogP contribution in [0.2, 0.25) is 10.0 Å². The first-order valence-corrected chi connectivity index (χ1v) is 9.13. The minimum atomic E-state index is -0.415. The van der Waals surface area contributed by atoms with Crippen LogP contribution in [0.15, 0.2) is 47.4 Å². The molecule has 2 amide bonds. The number of nitrogens with one attached hydrogen (secondary N) is 2. The summed E-state index contributed by atoms with van der Waals surface area (Å²) in [7, 11) is 0. The smallest absolute Gasteiger partial charge is 0.269 e. The Morgan fingerprint density at radius 1 is 1.08 bits per heavy atom. The average molecular weight is 399 g/mol. The highest BCUT2D eigenvalue weighted by Gasteiger charge is 2.09. The maximum absolute atomic E-state index is 12.0.